The third kappa shape index (κ3) is 6.34. The van der Waals surface area contributed by atoms with Crippen molar-refractivity contribution in [2.75, 3.05) is 38.7 Å². The zero-order valence-electron chi connectivity index (χ0n) is 17.0. The Morgan fingerprint density at radius 2 is 1.93 bits per heavy atom. The molecule has 1 saturated heterocycles. The van der Waals surface area contributed by atoms with Crippen LogP contribution in [0.4, 0.5) is 5.69 Å². The lowest BCUT2D eigenvalue weighted by Gasteiger charge is -2.32. The SMILES string of the molecule is COCCCNC(=O)C1CCCN(C(=O)c2ccc(NC(=O)C(C)C)cc2)C1. The molecule has 2 N–H and O–H groups in total. The Labute approximate surface area is 166 Å². The quantitative estimate of drug-likeness (QED) is 0.668. The molecule has 7 nitrogen and oxygen atoms in total. The van der Waals surface area contributed by atoms with E-state index in [1.54, 1.807) is 36.3 Å². The van der Waals surface area contributed by atoms with Crippen LogP contribution in [0.1, 0.15) is 43.5 Å². The van der Waals surface area contributed by atoms with Gasteiger partial charge in [0.15, 0.2) is 0 Å². The third-order valence-electron chi connectivity index (χ3n) is 4.83. The van der Waals surface area contributed by atoms with Crippen molar-refractivity contribution in [3.8, 4) is 0 Å². The molecule has 0 radical (unpaired) electrons. The number of amides is 3. The van der Waals surface area contributed by atoms with E-state index in [1.807, 2.05) is 13.8 Å². The molecule has 1 aromatic carbocycles. The van der Waals surface area contributed by atoms with Crippen molar-refractivity contribution in [1.82, 2.24) is 10.2 Å². The van der Waals surface area contributed by atoms with Gasteiger partial charge in [0.2, 0.25) is 11.8 Å². The molecular weight excluding hydrogens is 358 g/mol. The van der Waals surface area contributed by atoms with Gasteiger partial charge in [0, 0.05) is 50.5 Å². The molecular formula is C21H31N3O4. The molecule has 0 bridgehead atoms. The summed E-state index contributed by atoms with van der Waals surface area (Å²) < 4.78 is 4.98. The summed E-state index contributed by atoms with van der Waals surface area (Å²) in [6.45, 7) is 5.93. The first-order valence-electron chi connectivity index (χ1n) is 9.89. The minimum absolute atomic E-state index is 0.000323. The Balaban J connectivity index is 1.90. The van der Waals surface area contributed by atoms with E-state index >= 15 is 0 Å². The van der Waals surface area contributed by atoms with E-state index in [1.165, 1.54) is 0 Å². The minimum Gasteiger partial charge on any atom is -0.385 e. The maximum absolute atomic E-state index is 12.8. The molecule has 1 aliphatic rings. The van der Waals surface area contributed by atoms with Gasteiger partial charge in [0.25, 0.3) is 5.91 Å². The average molecular weight is 389 g/mol. The molecule has 1 unspecified atom stereocenters. The Kier molecular flexibility index (Phi) is 8.44. The number of carbonyl (C=O) groups is 3. The molecule has 0 aliphatic carbocycles. The van der Waals surface area contributed by atoms with Crippen LogP contribution in [0.25, 0.3) is 0 Å². The first-order chi connectivity index (χ1) is 13.4. The molecule has 3 amide bonds. The van der Waals surface area contributed by atoms with Crippen molar-refractivity contribution >= 4 is 23.4 Å². The molecule has 1 fully saturated rings. The Morgan fingerprint density at radius 3 is 2.57 bits per heavy atom. The maximum atomic E-state index is 12.8. The van der Waals surface area contributed by atoms with Crippen molar-refractivity contribution in [3.05, 3.63) is 29.8 Å². The zero-order chi connectivity index (χ0) is 20.5. The van der Waals surface area contributed by atoms with E-state index in [0.717, 1.165) is 19.3 Å². The summed E-state index contributed by atoms with van der Waals surface area (Å²) in [5.41, 5.74) is 1.23. The fourth-order valence-electron chi connectivity index (χ4n) is 3.11. The number of rotatable bonds is 8. The van der Waals surface area contributed by atoms with Gasteiger partial charge in [-0.25, -0.2) is 0 Å². The molecule has 2 rings (SSSR count). The number of hydrogen-bond acceptors (Lipinski definition) is 4. The monoisotopic (exact) mass is 389 g/mol. The number of methoxy groups -OCH3 is 1. The van der Waals surface area contributed by atoms with E-state index in [9.17, 15) is 14.4 Å². The smallest absolute Gasteiger partial charge is 0.253 e. The number of hydrogen-bond donors (Lipinski definition) is 2. The van der Waals surface area contributed by atoms with E-state index < -0.39 is 0 Å². The summed E-state index contributed by atoms with van der Waals surface area (Å²) in [5.74, 6) is -0.425. The third-order valence-corrected chi connectivity index (χ3v) is 4.83. The number of likely N-dealkylation sites (tertiary alicyclic amines) is 1. The number of benzene rings is 1. The number of ether oxygens (including phenoxy) is 1. The second kappa shape index (κ2) is 10.8. The predicted octanol–water partition coefficient (Wildman–Crippen LogP) is 2.29. The lowest BCUT2D eigenvalue weighted by Crippen LogP contribution is -2.45. The van der Waals surface area contributed by atoms with Crippen molar-refractivity contribution in [2.24, 2.45) is 11.8 Å². The van der Waals surface area contributed by atoms with Gasteiger partial charge >= 0.3 is 0 Å². The van der Waals surface area contributed by atoms with Crippen LogP contribution in [0.3, 0.4) is 0 Å². The fourth-order valence-corrected chi connectivity index (χ4v) is 3.11. The minimum atomic E-state index is -0.176. The molecule has 154 valence electrons. The molecule has 1 heterocycles. The Morgan fingerprint density at radius 1 is 1.21 bits per heavy atom. The van der Waals surface area contributed by atoms with Crippen molar-refractivity contribution in [3.63, 3.8) is 0 Å². The zero-order valence-corrected chi connectivity index (χ0v) is 17.0. The standard InChI is InChI=1S/C21H31N3O4/c1-15(2)19(25)23-18-9-7-16(8-10-18)21(27)24-12-4-6-17(14-24)20(26)22-11-5-13-28-3/h7-10,15,17H,4-6,11-14H2,1-3H3,(H,22,26)(H,23,25). The van der Waals surface area contributed by atoms with Gasteiger partial charge in [-0.15, -0.1) is 0 Å². The summed E-state index contributed by atoms with van der Waals surface area (Å²) in [6, 6.07) is 6.90. The van der Waals surface area contributed by atoms with Gasteiger partial charge in [-0.2, -0.15) is 0 Å². The number of piperidine rings is 1. The number of nitrogens with one attached hydrogen (secondary N) is 2. The number of nitrogens with zero attached hydrogens (tertiary/aromatic N) is 1. The average Bonchev–Trinajstić information content (AvgIpc) is 2.71. The number of anilines is 1. The fraction of sp³-hybridized carbons (Fsp3) is 0.571. The second-order valence-electron chi connectivity index (χ2n) is 7.45. The van der Waals surface area contributed by atoms with Gasteiger partial charge in [0.05, 0.1) is 5.92 Å². The van der Waals surface area contributed by atoms with Gasteiger partial charge in [0.1, 0.15) is 0 Å². The van der Waals surface area contributed by atoms with Crippen LogP contribution in [-0.4, -0.2) is 56.0 Å². The van der Waals surface area contributed by atoms with Gasteiger partial charge in [-0.3, -0.25) is 14.4 Å². The topological polar surface area (TPSA) is 87.7 Å². The summed E-state index contributed by atoms with van der Waals surface area (Å²) in [4.78, 5) is 38.6. The van der Waals surface area contributed by atoms with Crippen molar-refractivity contribution in [1.29, 1.82) is 0 Å². The maximum Gasteiger partial charge on any atom is 0.253 e. The number of carbonyl (C=O) groups excluding carboxylic acids is 3. The summed E-state index contributed by atoms with van der Waals surface area (Å²) in [6.07, 6.45) is 2.38. The van der Waals surface area contributed by atoms with E-state index in [2.05, 4.69) is 10.6 Å². The van der Waals surface area contributed by atoms with Gasteiger partial charge in [-0.1, -0.05) is 13.8 Å². The highest BCUT2D eigenvalue weighted by Crippen LogP contribution is 2.20. The summed E-state index contributed by atoms with van der Waals surface area (Å²) in [5, 5.41) is 5.74. The lowest BCUT2D eigenvalue weighted by molar-refractivity contribution is -0.126. The molecule has 0 aromatic heterocycles. The predicted molar refractivity (Wildman–Crippen MR) is 108 cm³/mol. The first-order valence-corrected chi connectivity index (χ1v) is 9.89. The molecule has 7 heteroatoms. The molecule has 1 aliphatic heterocycles. The van der Waals surface area contributed by atoms with Crippen molar-refractivity contribution in [2.45, 2.75) is 33.1 Å². The van der Waals surface area contributed by atoms with Crippen LogP contribution in [-0.2, 0) is 14.3 Å². The van der Waals surface area contributed by atoms with Gasteiger partial charge < -0.3 is 20.3 Å². The Bertz CT molecular complexity index is 673. The van der Waals surface area contributed by atoms with Crippen LogP contribution in [0.15, 0.2) is 24.3 Å². The van der Waals surface area contributed by atoms with Crippen molar-refractivity contribution < 1.29 is 19.1 Å². The van der Waals surface area contributed by atoms with Crippen LogP contribution in [0.5, 0.6) is 0 Å². The van der Waals surface area contributed by atoms with Crippen LogP contribution >= 0.6 is 0 Å². The van der Waals surface area contributed by atoms with E-state index in [-0.39, 0.29) is 29.6 Å². The molecule has 0 spiro atoms. The van der Waals surface area contributed by atoms with Gasteiger partial charge in [-0.05, 0) is 43.5 Å². The first kappa shape index (κ1) is 21.9. The highest BCUT2D eigenvalue weighted by atomic mass is 16.5. The molecule has 1 aromatic rings. The molecule has 28 heavy (non-hydrogen) atoms. The highest BCUT2D eigenvalue weighted by Gasteiger charge is 2.28. The highest BCUT2D eigenvalue weighted by molar-refractivity contribution is 5.96. The van der Waals surface area contributed by atoms with Crippen LogP contribution in [0.2, 0.25) is 0 Å². The van der Waals surface area contributed by atoms with Crippen LogP contribution < -0.4 is 10.6 Å². The second-order valence-corrected chi connectivity index (χ2v) is 7.45. The largest absolute Gasteiger partial charge is 0.385 e. The van der Waals surface area contributed by atoms with E-state index in [0.29, 0.717) is 37.5 Å². The summed E-state index contributed by atoms with van der Waals surface area (Å²) in [7, 11) is 1.64. The lowest BCUT2D eigenvalue weighted by atomic mass is 9.96. The van der Waals surface area contributed by atoms with E-state index in [4.69, 9.17) is 4.74 Å². The molecule has 0 saturated carbocycles. The Hall–Kier alpha value is -2.41. The summed E-state index contributed by atoms with van der Waals surface area (Å²) >= 11 is 0. The normalized spacial score (nSPS) is 16.7. The van der Waals surface area contributed by atoms with Crippen LogP contribution in [0, 0.1) is 11.8 Å². The molecule has 1 atom stereocenters.